The second-order valence-electron chi connectivity index (χ2n) is 4.04. The van der Waals surface area contributed by atoms with E-state index in [1.165, 1.54) is 16.2 Å². The van der Waals surface area contributed by atoms with Gasteiger partial charge in [0.2, 0.25) is 0 Å². The van der Waals surface area contributed by atoms with E-state index in [1.54, 1.807) is 0 Å². The van der Waals surface area contributed by atoms with E-state index in [0.29, 0.717) is 5.19 Å². The van der Waals surface area contributed by atoms with E-state index in [0.717, 1.165) is 25.2 Å². The summed E-state index contributed by atoms with van der Waals surface area (Å²) in [5, 5.41) is 0.375. The fourth-order valence-electron chi connectivity index (χ4n) is 2.09. The summed E-state index contributed by atoms with van der Waals surface area (Å²) in [6.45, 7) is 5.62. The van der Waals surface area contributed by atoms with Gasteiger partial charge in [0.15, 0.2) is 6.61 Å². The molecule has 0 saturated heterocycles. The van der Waals surface area contributed by atoms with E-state index in [2.05, 4.69) is 23.7 Å². The van der Waals surface area contributed by atoms with Gasteiger partial charge in [-0.25, -0.2) is 13.8 Å². The Kier molecular flexibility index (Phi) is 3.93. The van der Waals surface area contributed by atoms with Crippen molar-refractivity contribution < 1.29 is 13.5 Å². The molecule has 1 aliphatic heterocycles. The van der Waals surface area contributed by atoms with Crippen LogP contribution < -0.4 is 4.74 Å². The van der Waals surface area contributed by atoms with Gasteiger partial charge in [0, 0.05) is 11.4 Å². The van der Waals surface area contributed by atoms with Crippen molar-refractivity contribution in [2.75, 3.05) is 19.7 Å². The zero-order valence-corrected chi connectivity index (χ0v) is 10.8. The highest BCUT2D eigenvalue weighted by molar-refractivity contribution is 7.13. The first-order valence-electron chi connectivity index (χ1n) is 5.76. The Balaban J connectivity index is 2.10. The molecule has 1 unspecified atom stereocenters. The van der Waals surface area contributed by atoms with Crippen LogP contribution in [0.3, 0.4) is 0 Å². The van der Waals surface area contributed by atoms with Crippen LogP contribution in [0.5, 0.6) is 5.19 Å². The number of likely N-dealkylation sites (N-methyl/N-ethyl adjacent to an activating group) is 1. The highest BCUT2D eigenvalue weighted by Crippen LogP contribution is 2.35. The van der Waals surface area contributed by atoms with Crippen LogP contribution in [-0.2, 0) is 6.42 Å². The Hall–Kier alpha value is -0.750. The van der Waals surface area contributed by atoms with Crippen molar-refractivity contribution in [2.24, 2.45) is 0 Å². The molecule has 0 spiro atoms. The van der Waals surface area contributed by atoms with Crippen molar-refractivity contribution >= 4 is 11.3 Å². The van der Waals surface area contributed by atoms with Crippen LogP contribution in [0.25, 0.3) is 0 Å². The standard InChI is InChI=1S/C11H16F2N2OS/c1-3-15-5-4-8-10(7(15)2)14-11(17-8)16-6-9(12)13/h7,9H,3-6H2,1-2H3. The summed E-state index contributed by atoms with van der Waals surface area (Å²) >= 11 is 1.40. The van der Waals surface area contributed by atoms with Gasteiger partial charge in [0.25, 0.3) is 11.6 Å². The predicted octanol–water partition coefficient (Wildman–Crippen LogP) is 2.73. The summed E-state index contributed by atoms with van der Waals surface area (Å²) in [6.07, 6.45) is -1.51. The Bertz CT molecular complexity index is 384. The average Bonchev–Trinajstić information content (AvgIpc) is 2.71. The number of thiazole rings is 1. The maximum absolute atomic E-state index is 12.0. The van der Waals surface area contributed by atoms with E-state index in [4.69, 9.17) is 4.74 Å². The molecule has 0 N–H and O–H groups in total. The van der Waals surface area contributed by atoms with E-state index >= 15 is 0 Å². The summed E-state index contributed by atoms with van der Waals surface area (Å²) in [5.41, 5.74) is 0.993. The molecule has 1 atom stereocenters. The van der Waals surface area contributed by atoms with Gasteiger partial charge in [-0.15, -0.1) is 0 Å². The average molecular weight is 262 g/mol. The molecule has 96 valence electrons. The largest absolute Gasteiger partial charge is 0.464 e. The Labute approximate surface area is 103 Å². The van der Waals surface area contributed by atoms with Gasteiger partial charge in [-0.1, -0.05) is 18.3 Å². The third-order valence-electron chi connectivity index (χ3n) is 3.02. The van der Waals surface area contributed by atoms with Crippen LogP contribution in [0.4, 0.5) is 8.78 Å². The maximum atomic E-state index is 12.0. The molecular weight excluding hydrogens is 246 g/mol. The van der Waals surface area contributed by atoms with E-state index in [9.17, 15) is 8.78 Å². The van der Waals surface area contributed by atoms with Crippen molar-refractivity contribution in [3.8, 4) is 5.19 Å². The van der Waals surface area contributed by atoms with Crippen molar-refractivity contribution in [1.82, 2.24) is 9.88 Å². The Morgan fingerprint density at radius 1 is 1.59 bits per heavy atom. The SMILES string of the molecule is CCN1CCc2sc(OCC(F)F)nc2C1C. The van der Waals surface area contributed by atoms with Gasteiger partial charge in [-0.3, -0.25) is 4.90 Å². The van der Waals surface area contributed by atoms with E-state index in [-0.39, 0.29) is 6.04 Å². The van der Waals surface area contributed by atoms with Crippen LogP contribution in [0.2, 0.25) is 0 Å². The minimum atomic E-state index is -2.44. The minimum absolute atomic E-state index is 0.254. The number of aromatic nitrogens is 1. The van der Waals surface area contributed by atoms with Gasteiger partial charge in [-0.2, -0.15) is 0 Å². The number of fused-ring (bicyclic) bond motifs is 1. The molecule has 0 fully saturated rings. The molecule has 0 amide bonds. The van der Waals surface area contributed by atoms with E-state index in [1.807, 2.05) is 0 Å². The smallest absolute Gasteiger partial charge is 0.273 e. The lowest BCUT2D eigenvalue weighted by molar-refractivity contribution is 0.0815. The summed E-state index contributed by atoms with van der Waals surface area (Å²) in [6, 6.07) is 0.254. The van der Waals surface area contributed by atoms with Crippen LogP contribution in [0, 0.1) is 0 Å². The lowest BCUT2D eigenvalue weighted by Crippen LogP contribution is -2.33. The van der Waals surface area contributed by atoms with Crippen molar-refractivity contribution in [3.05, 3.63) is 10.6 Å². The summed E-state index contributed by atoms with van der Waals surface area (Å²) in [5.74, 6) is 0. The molecule has 2 heterocycles. The number of hydrogen-bond donors (Lipinski definition) is 0. The van der Waals surface area contributed by atoms with Crippen molar-refractivity contribution in [3.63, 3.8) is 0 Å². The zero-order chi connectivity index (χ0) is 12.4. The highest BCUT2D eigenvalue weighted by Gasteiger charge is 2.27. The highest BCUT2D eigenvalue weighted by atomic mass is 32.1. The molecule has 2 rings (SSSR count). The molecule has 6 heteroatoms. The molecule has 17 heavy (non-hydrogen) atoms. The van der Waals surface area contributed by atoms with Crippen molar-refractivity contribution in [1.29, 1.82) is 0 Å². The monoisotopic (exact) mass is 262 g/mol. The molecule has 0 saturated carbocycles. The number of ether oxygens (including phenoxy) is 1. The molecular formula is C11H16F2N2OS. The molecule has 1 aromatic heterocycles. The fourth-order valence-corrected chi connectivity index (χ4v) is 3.08. The minimum Gasteiger partial charge on any atom is -0.464 e. The first-order chi connectivity index (χ1) is 8.11. The number of nitrogens with zero attached hydrogens (tertiary/aromatic N) is 2. The molecule has 1 aliphatic rings. The molecule has 0 aliphatic carbocycles. The number of rotatable bonds is 4. The van der Waals surface area contributed by atoms with Crippen molar-refractivity contribution in [2.45, 2.75) is 32.7 Å². The first-order valence-corrected chi connectivity index (χ1v) is 6.58. The van der Waals surface area contributed by atoms with Crippen LogP contribution in [0.15, 0.2) is 0 Å². The third kappa shape index (κ3) is 2.74. The van der Waals surface area contributed by atoms with Crippen LogP contribution >= 0.6 is 11.3 Å². The molecule has 0 bridgehead atoms. The molecule has 0 aromatic carbocycles. The first kappa shape index (κ1) is 12.7. The zero-order valence-electron chi connectivity index (χ0n) is 9.95. The topological polar surface area (TPSA) is 25.4 Å². The van der Waals surface area contributed by atoms with Crippen LogP contribution in [0.1, 0.15) is 30.5 Å². The number of alkyl halides is 2. The van der Waals surface area contributed by atoms with E-state index < -0.39 is 13.0 Å². The van der Waals surface area contributed by atoms with Gasteiger partial charge in [0.05, 0.1) is 11.7 Å². The lowest BCUT2D eigenvalue weighted by atomic mass is 10.1. The number of halogens is 2. The number of hydrogen-bond acceptors (Lipinski definition) is 4. The quantitative estimate of drug-likeness (QED) is 0.834. The Morgan fingerprint density at radius 2 is 2.35 bits per heavy atom. The van der Waals surface area contributed by atoms with Crippen LogP contribution in [-0.4, -0.2) is 36.0 Å². The maximum Gasteiger partial charge on any atom is 0.273 e. The van der Waals surface area contributed by atoms with Gasteiger partial charge < -0.3 is 4.74 Å². The van der Waals surface area contributed by atoms with Gasteiger partial charge >= 0.3 is 0 Å². The molecule has 3 nitrogen and oxygen atoms in total. The van der Waals surface area contributed by atoms with Gasteiger partial charge in [-0.05, 0) is 19.9 Å². The molecule has 0 radical (unpaired) electrons. The Morgan fingerprint density at radius 3 is 3.00 bits per heavy atom. The summed E-state index contributed by atoms with van der Waals surface area (Å²) < 4.78 is 29.1. The normalized spacial score (nSPS) is 20.6. The summed E-state index contributed by atoms with van der Waals surface area (Å²) in [4.78, 5) is 7.81. The van der Waals surface area contributed by atoms with Gasteiger partial charge in [0.1, 0.15) is 0 Å². The second-order valence-corrected chi connectivity index (χ2v) is 5.09. The predicted molar refractivity (Wildman–Crippen MR) is 63.0 cm³/mol. The lowest BCUT2D eigenvalue weighted by Gasteiger charge is -2.31. The summed E-state index contributed by atoms with van der Waals surface area (Å²) in [7, 11) is 0. The second kappa shape index (κ2) is 5.27. The third-order valence-corrected chi connectivity index (χ3v) is 4.06. The fraction of sp³-hybridized carbons (Fsp3) is 0.727. The molecule has 1 aromatic rings.